The van der Waals surface area contributed by atoms with E-state index in [9.17, 15) is 9.59 Å². The quantitative estimate of drug-likeness (QED) is 0.569. The summed E-state index contributed by atoms with van der Waals surface area (Å²) >= 11 is 9.44. The summed E-state index contributed by atoms with van der Waals surface area (Å²) in [6, 6.07) is 12.4. The number of nitrogens with zero attached hydrogens (tertiary/aromatic N) is 1. The lowest BCUT2D eigenvalue weighted by atomic mass is 10.1. The van der Waals surface area contributed by atoms with Crippen molar-refractivity contribution in [2.45, 2.75) is 39.3 Å². The maximum Gasteiger partial charge on any atom is 0.261 e. The van der Waals surface area contributed by atoms with Gasteiger partial charge in [-0.3, -0.25) is 9.59 Å². The Morgan fingerprint density at radius 1 is 1.14 bits per heavy atom. The van der Waals surface area contributed by atoms with Crippen LogP contribution in [0, 0.1) is 0 Å². The van der Waals surface area contributed by atoms with E-state index in [4.69, 9.17) is 16.3 Å². The van der Waals surface area contributed by atoms with E-state index in [1.807, 2.05) is 37.3 Å². The summed E-state index contributed by atoms with van der Waals surface area (Å²) < 4.78 is 6.55. The van der Waals surface area contributed by atoms with Gasteiger partial charge in [-0.05, 0) is 64.2 Å². The third-order valence-corrected chi connectivity index (χ3v) is 5.53. The minimum atomic E-state index is -0.585. The van der Waals surface area contributed by atoms with Crippen LogP contribution in [0.15, 0.2) is 46.9 Å². The van der Waals surface area contributed by atoms with Crippen LogP contribution >= 0.6 is 27.5 Å². The molecule has 0 spiro atoms. The van der Waals surface area contributed by atoms with E-state index in [0.29, 0.717) is 23.7 Å². The van der Waals surface area contributed by atoms with Gasteiger partial charge in [-0.15, -0.1) is 0 Å². The Balaban J connectivity index is 2.18. The topological polar surface area (TPSA) is 58.6 Å². The molecule has 0 saturated heterocycles. The molecule has 0 aliphatic carbocycles. The van der Waals surface area contributed by atoms with E-state index < -0.39 is 6.04 Å². The molecule has 0 radical (unpaired) electrons. The zero-order valence-corrected chi connectivity index (χ0v) is 19.2. The lowest BCUT2D eigenvalue weighted by Gasteiger charge is -2.30. The van der Waals surface area contributed by atoms with Gasteiger partial charge in [-0.25, -0.2) is 0 Å². The van der Waals surface area contributed by atoms with Crippen LogP contribution in [0.5, 0.6) is 5.75 Å². The highest BCUT2D eigenvalue weighted by molar-refractivity contribution is 9.10. The summed E-state index contributed by atoms with van der Waals surface area (Å²) in [5, 5.41) is 3.26. The smallest absolute Gasteiger partial charge is 0.261 e. The lowest BCUT2D eigenvalue weighted by molar-refractivity contribution is -0.142. The molecule has 2 amide bonds. The molecule has 0 aliphatic heterocycles. The molecule has 0 fully saturated rings. The van der Waals surface area contributed by atoms with Gasteiger partial charge in [0.2, 0.25) is 5.91 Å². The monoisotopic (exact) mass is 480 g/mol. The second kappa shape index (κ2) is 11.2. The number of aryl methyl sites for hydroxylation is 1. The van der Waals surface area contributed by atoms with E-state index in [0.717, 1.165) is 16.5 Å². The van der Waals surface area contributed by atoms with E-state index >= 15 is 0 Å². The van der Waals surface area contributed by atoms with Gasteiger partial charge in [-0.1, -0.05) is 43.6 Å². The first kappa shape index (κ1) is 23.2. The molecule has 7 heteroatoms. The average molecular weight is 482 g/mol. The second-order valence-electron chi connectivity index (χ2n) is 6.59. The van der Waals surface area contributed by atoms with Crippen molar-refractivity contribution in [3.05, 3.63) is 63.1 Å². The first-order valence-electron chi connectivity index (χ1n) is 9.56. The Morgan fingerprint density at radius 2 is 1.79 bits per heavy atom. The number of likely N-dealkylation sites (N-methyl/N-ethyl adjacent to an activating group) is 1. The summed E-state index contributed by atoms with van der Waals surface area (Å²) in [4.78, 5) is 26.9. The molecule has 0 aromatic heterocycles. The van der Waals surface area contributed by atoms with Gasteiger partial charge in [0.25, 0.3) is 5.91 Å². The van der Waals surface area contributed by atoms with E-state index in [1.165, 1.54) is 5.56 Å². The Bertz CT molecular complexity index is 842. The van der Waals surface area contributed by atoms with Crippen LogP contribution in [0.4, 0.5) is 0 Å². The molecular formula is C22H26BrClN2O3. The van der Waals surface area contributed by atoms with Gasteiger partial charge in [0.05, 0.1) is 4.47 Å². The molecule has 2 aromatic carbocycles. The van der Waals surface area contributed by atoms with Crippen LogP contribution in [0.25, 0.3) is 0 Å². The molecule has 1 atom stereocenters. The zero-order chi connectivity index (χ0) is 21.4. The molecule has 0 heterocycles. The third-order valence-electron chi connectivity index (χ3n) is 4.65. The van der Waals surface area contributed by atoms with Crippen molar-refractivity contribution in [3.8, 4) is 5.75 Å². The van der Waals surface area contributed by atoms with Crippen LogP contribution in [0.3, 0.4) is 0 Å². The van der Waals surface area contributed by atoms with Crippen LogP contribution in [-0.4, -0.2) is 36.4 Å². The summed E-state index contributed by atoms with van der Waals surface area (Å²) in [6.45, 7) is 4.08. The number of halogens is 2. The minimum absolute atomic E-state index is 0.162. The first-order chi connectivity index (χ1) is 13.9. The van der Waals surface area contributed by atoms with Crippen LogP contribution in [0.2, 0.25) is 5.02 Å². The highest BCUT2D eigenvalue weighted by Gasteiger charge is 2.28. The fourth-order valence-corrected chi connectivity index (χ4v) is 3.64. The number of carbonyl (C=O) groups is 2. The summed E-state index contributed by atoms with van der Waals surface area (Å²) in [5.41, 5.74) is 2.06. The largest absolute Gasteiger partial charge is 0.483 e. The van der Waals surface area contributed by atoms with Crippen molar-refractivity contribution in [3.63, 3.8) is 0 Å². The Hall–Kier alpha value is -2.05. The molecule has 2 rings (SSSR count). The molecule has 5 nitrogen and oxygen atoms in total. The number of hydrogen-bond acceptors (Lipinski definition) is 3. The molecule has 0 saturated carbocycles. The fraction of sp³-hybridized carbons (Fsp3) is 0.364. The maximum atomic E-state index is 13.0. The van der Waals surface area contributed by atoms with Crippen molar-refractivity contribution in [2.24, 2.45) is 0 Å². The number of ether oxygens (including phenoxy) is 1. The van der Waals surface area contributed by atoms with Crippen molar-refractivity contribution in [2.75, 3.05) is 13.7 Å². The Labute approximate surface area is 185 Å². The van der Waals surface area contributed by atoms with Gasteiger partial charge >= 0.3 is 0 Å². The molecule has 0 bridgehead atoms. The Morgan fingerprint density at radius 3 is 2.34 bits per heavy atom. The lowest BCUT2D eigenvalue weighted by Crippen LogP contribution is -2.49. The van der Waals surface area contributed by atoms with Gasteiger partial charge in [0.15, 0.2) is 6.61 Å². The number of rotatable bonds is 9. The van der Waals surface area contributed by atoms with E-state index in [2.05, 4.69) is 28.2 Å². The summed E-state index contributed by atoms with van der Waals surface area (Å²) in [5.74, 6) is 0.125. The summed E-state index contributed by atoms with van der Waals surface area (Å²) in [6.07, 6.45) is 1.41. The number of nitrogens with one attached hydrogen (secondary N) is 1. The van der Waals surface area contributed by atoms with Gasteiger partial charge in [0, 0.05) is 18.6 Å². The van der Waals surface area contributed by atoms with Crippen molar-refractivity contribution in [1.82, 2.24) is 10.2 Å². The van der Waals surface area contributed by atoms with Crippen molar-refractivity contribution >= 4 is 39.3 Å². The van der Waals surface area contributed by atoms with Crippen LogP contribution in [0.1, 0.15) is 31.4 Å². The van der Waals surface area contributed by atoms with Gasteiger partial charge < -0.3 is 15.0 Å². The number of benzene rings is 2. The highest BCUT2D eigenvalue weighted by Crippen LogP contribution is 2.26. The number of carbonyl (C=O) groups excluding carboxylic acids is 2. The predicted octanol–water partition coefficient (Wildman–Crippen LogP) is 4.60. The highest BCUT2D eigenvalue weighted by atomic mass is 79.9. The Kier molecular flexibility index (Phi) is 8.99. The molecule has 1 unspecified atom stereocenters. The SMILES string of the molecule is CCc1ccc(OCC(=O)N(Cc2ccc(Cl)cc2)C(CC)C(=O)NC)c(Br)c1. The standard InChI is InChI=1S/C22H26BrClN2O3/c1-4-15-8-11-20(18(23)12-15)29-14-21(27)26(19(5-2)22(28)25-3)13-16-6-9-17(24)10-7-16/h6-12,19H,4-5,13-14H2,1-3H3,(H,25,28). The van der Waals surface area contributed by atoms with Gasteiger partial charge in [0.1, 0.15) is 11.8 Å². The normalized spacial score (nSPS) is 11.6. The van der Waals surface area contributed by atoms with Crippen molar-refractivity contribution in [1.29, 1.82) is 0 Å². The van der Waals surface area contributed by atoms with Crippen LogP contribution < -0.4 is 10.1 Å². The predicted molar refractivity (Wildman–Crippen MR) is 119 cm³/mol. The van der Waals surface area contributed by atoms with E-state index in [1.54, 1.807) is 24.1 Å². The first-order valence-corrected chi connectivity index (χ1v) is 10.7. The third kappa shape index (κ3) is 6.47. The van der Waals surface area contributed by atoms with Gasteiger partial charge in [-0.2, -0.15) is 0 Å². The zero-order valence-electron chi connectivity index (χ0n) is 16.9. The minimum Gasteiger partial charge on any atom is -0.483 e. The van der Waals surface area contributed by atoms with E-state index in [-0.39, 0.29) is 18.4 Å². The fourth-order valence-electron chi connectivity index (χ4n) is 2.98. The molecule has 29 heavy (non-hydrogen) atoms. The molecular weight excluding hydrogens is 456 g/mol. The second-order valence-corrected chi connectivity index (χ2v) is 7.88. The number of hydrogen-bond donors (Lipinski definition) is 1. The van der Waals surface area contributed by atoms with Crippen LogP contribution in [-0.2, 0) is 22.6 Å². The average Bonchev–Trinajstić information content (AvgIpc) is 2.73. The molecule has 2 aromatic rings. The van der Waals surface area contributed by atoms with Crippen molar-refractivity contribution < 1.29 is 14.3 Å². The molecule has 156 valence electrons. The molecule has 1 N–H and O–H groups in total. The maximum absolute atomic E-state index is 13.0. The number of amides is 2. The molecule has 0 aliphatic rings. The summed E-state index contributed by atoms with van der Waals surface area (Å²) in [7, 11) is 1.57.